The first-order valence-corrected chi connectivity index (χ1v) is 8.12. The molecule has 0 aliphatic carbocycles. The number of esters is 1. The smallest absolute Gasteiger partial charge is 0.337 e. The molecule has 2 amide bonds. The van der Waals surface area contributed by atoms with Gasteiger partial charge in [0.25, 0.3) is 5.91 Å². The number of benzene rings is 2. The first-order chi connectivity index (χ1) is 12.2. The standard InChI is InChI=1S/C20H22N2O4/c1-20(2,3)19(25)22-16-10-6-9-15(12-16)21-17(23)13-7-5-8-14(11-13)18(24)26-4/h5-12H,1-4H3,(H,21,23)(H,22,25). The Bertz CT molecular complexity index is 838. The number of ether oxygens (including phenoxy) is 1. The van der Waals surface area contributed by atoms with Crippen molar-refractivity contribution in [2.24, 2.45) is 5.41 Å². The molecule has 0 bridgehead atoms. The van der Waals surface area contributed by atoms with E-state index in [9.17, 15) is 14.4 Å². The second-order valence-corrected chi connectivity index (χ2v) is 6.81. The zero-order chi connectivity index (χ0) is 19.3. The van der Waals surface area contributed by atoms with Crippen molar-refractivity contribution < 1.29 is 19.1 Å². The van der Waals surface area contributed by atoms with Crippen LogP contribution in [0.25, 0.3) is 0 Å². The number of carbonyl (C=O) groups is 3. The van der Waals surface area contributed by atoms with Gasteiger partial charge in [0.05, 0.1) is 12.7 Å². The van der Waals surface area contributed by atoms with Crippen molar-refractivity contribution in [1.29, 1.82) is 0 Å². The number of amides is 2. The van der Waals surface area contributed by atoms with Crippen molar-refractivity contribution in [3.05, 3.63) is 59.7 Å². The van der Waals surface area contributed by atoms with Crippen LogP contribution in [0.1, 0.15) is 41.5 Å². The quantitative estimate of drug-likeness (QED) is 0.820. The minimum absolute atomic E-state index is 0.119. The van der Waals surface area contributed by atoms with Gasteiger partial charge in [0.1, 0.15) is 0 Å². The highest BCUT2D eigenvalue weighted by atomic mass is 16.5. The second-order valence-electron chi connectivity index (χ2n) is 6.81. The molecule has 26 heavy (non-hydrogen) atoms. The van der Waals surface area contributed by atoms with Crippen LogP contribution in [0.5, 0.6) is 0 Å². The molecule has 0 aliphatic rings. The molecule has 0 atom stereocenters. The van der Waals surface area contributed by atoms with Gasteiger partial charge in [-0.1, -0.05) is 32.9 Å². The Balaban J connectivity index is 2.14. The van der Waals surface area contributed by atoms with Crippen LogP contribution in [-0.4, -0.2) is 24.9 Å². The van der Waals surface area contributed by atoms with E-state index < -0.39 is 11.4 Å². The summed E-state index contributed by atoms with van der Waals surface area (Å²) in [5.41, 5.74) is 1.23. The molecule has 0 saturated heterocycles. The van der Waals surface area contributed by atoms with Gasteiger partial charge in [0, 0.05) is 22.4 Å². The number of hydrogen-bond donors (Lipinski definition) is 2. The lowest BCUT2D eigenvalue weighted by Crippen LogP contribution is -2.27. The van der Waals surface area contributed by atoms with E-state index in [0.29, 0.717) is 22.5 Å². The molecular weight excluding hydrogens is 332 g/mol. The van der Waals surface area contributed by atoms with Gasteiger partial charge in [-0.3, -0.25) is 9.59 Å². The molecule has 0 heterocycles. The van der Waals surface area contributed by atoms with Gasteiger partial charge in [0.15, 0.2) is 0 Å². The summed E-state index contributed by atoms with van der Waals surface area (Å²) < 4.78 is 4.66. The van der Waals surface area contributed by atoms with Gasteiger partial charge >= 0.3 is 5.97 Å². The third-order valence-corrected chi connectivity index (χ3v) is 3.61. The zero-order valence-corrected chi connectivity index (χ0v) is 15.3. The number of methoxy groups -OCH3 is 1. The van der Waals surface area contributed by atoms with Crippen LogP contribution in [0.2, 0.25) is 0 Å². The molecule has 0 radical (unpaired) electrons. The third kappa shape index (κ3) is 4.92. The van der Waals surface area contributed by atoms with Gasteiger partial charge in [0.2, 0.25) is 5.91 Å². The van der Waals surface area contributed by atoms with Crippen LogP contribution in [0, 0.1) is 5.41 Å². The fourth-order valence-corrected chi connectivity index (χ4v) is 2.10. The molecule has 2 N–H and O–H groups in total. The molecule has 2 aromatic carbocycles. The Morgan fingerprint density at radius 1 is 0.846 bits per heavy atom. The zero-order valence-electron chi connectivity index (χ0n) is 15.3. The van der Waals surface area contributed by atoms with Crippen molar-refractivity contribution >= 4 is 29.2 Å². The molecule has 0 fully saturated rings. The molecule has 2 rings (SSSR count). The molecule has 6 nitrogen and oxygen atoms in total. The maximum absolute atomic E-state index is 12.4. The van der Waals surface area contributed by atoms with Crippen LogP contribution in [0.4, 0.5) is 11.4 Å². The van der Waals surface area contributed by atoms with Gasteiger partial charge in [-0.25, -0.2) is 4.79 Å². The molecular formula is C20H22N2O4. The summed E-state index contributed by atoms with van der Waals surface area (Å²) in [7, 11) is 1.28. The number of nitrogens with one attached hydrogen (secondary N) is 2. The lowest BCUT2D eigenvalue weighted by molar-refractivity contribution is -0.123. The monoisotopic (exact) mass is 354 g/mol. The van der Waals surface area contributed by atoms with E-state index >= 15 is 0 Å². The first kappa shape index (κ1) is 19.2. The Labute approximate surface area is 152 Å². The van der Waals surface area contributed by atoms with E-state index in [1.165, 1.54) is 13.2 Å². The lowest BCUT2D eigenvalue weighted by Gasteiger charge is -2.18. The van der Waals surface area contributed by atoms with Gasteiger partial charge in [-0.05, 0) is 36.4 Å². The van der Waals surface area contributed by atoms with Crippen LogP contribution < -0.4 is 10.6 Å². The predicted molar refractivity (Wildman–Crippen MR) is 100 cm³/mol. The van der Waals surface area contributed by atoms with E-state index in [-0.39, 0.29) is 11.8 Å². The maximum atomic E-state index is 12.4. The molecule has 0 aromatic heterocycles. The van der Waals surface area contributed by atoms with Crippen LogP contribution in [-0.2, 0) is 9.53 Å². The average Bonchev–Trinajstić information content (AvgIpc) is 2.60. The highest BCUT2D eigenvalue weighted by molar-refractivity contribution is 6.06. The summed E-state index contributed by atoms with van der Waals surface area (Å²) in [6.45, 7) is 5.47. The summed E-state index contributed by atoms with van der Waals surface area (Å²) >= 11 is 0. The molecule has 0 spiro atoms. The second kappa shape index (κ2) is 7.82. The minimum atomic E-state index is -0.520. The van der Waals surface area contributed by atoms with Crippen molar-refractivity contribution in [2.75, 3.05) is 17.7 Å². The first-order valence-electron chi connectivity index (χ1n) is 8.12. The Morgan fingerprint density at radius 3 is 2.04 bits per heavy atom. The van der Waals surface area contributed by atoms with Crippen molar-refractivity contribution in [2.45, 2.75) is 20.8 Å². The van der Waals surface area contributed by atoms with Gasteiger partial charge in [-0.2, -0.15) is 0 Å². The molecule has 0 saturated carbocycles. The summed E-state index contributed by atoms with van der Waals surface area (Å²) in [6, 6.07) is 13.1. The normalized spacial score (nSPS) is 10.8. The highest BCUT2D eigenvalue weighted by Gasteiger charge is 2.21. The Morgan fingerprint density at radius 2 is 1.42 bits per heavy atom. The lowest BCUT2D eigenvalue weighted by atomic mass is 9.95. The topological polar surface area (TPSA) is 84.5 Å². The molecule has 0 aliphatic heterocycles. The van der Waals surface area contributed by atoms with Gasteiger partial charge in [-0.15, -0.1) is 0 Å². The molecule has 0 unspecified atom stereocenters. The highest BCUT2D eigenvalue weighted by Crippen LogP contribution is 2.20. The minimum Gasteiger partial charge on any atom is -0.465 e. The summed E-state index contributed by atoms with van der Waals surface area (Å²) in [5.74, 6) is -0.992. The van der Waals surface area contributed by atoms with Crippen molar-refractivity contribution in [3.63, 3.8) is 0 Å². The molecule has 136 valence electrons. The number of rotatable bonds is 4. The molecule has 2 aromatic rings. The van der Waals surface area contributed by atoms with E-state index in [4.69, 9.17) is 0 Å². The fraction of sp³-hybridized carbons (Fsp3) is 0.250. The number of hydrogen-bond acceptors (Lipinski definition) is 4. The van der Waals surface area contributed by atoms with E-state index in [1.54, 1.807) is 42.5 Å². The Kier molecular flexibility index (Phi) is 5.77. The predicted octanol–water partition coefficient (Wildman–Crippen LogP) is 3.71. The largest absolute Gasteiger partial charge is 0.465 e. The summed E-state index contributed by atoms with van der Waals surface area (Å²) in [4.78, 5) is 36.1. The molecule has 6 heteroatoms. The maximum Gasteiger partial charge on any atom is 0.337 e. The van der Waals surface area contributed by atoms with Crippen molar-refractivity contribution in [3.8, 4) is 0 Å². The Hall–Kier alpha value is -3.15. The van der Waals surface area contributed by atoms with Gasteiger partial charge < -0.3 is 15.4 Å². The number of anilines is 2. The summed E-state index contributed by atoms with van der Waals surface area (Å²) in [5, 5.41) is 5.57. The van der Waals surface area contributed by atoms with E-state index in [1.807, 2.05) is 20.8 Å². The van der Waals surface area contributed by atoms with Crippen LogP contribution >= 0.6 is 0 Å². The average molecular weight is 354 g/mol. The van der Waals surface area contributed by atoms with E-state index in [2.05, 4.69) is 15.4 Å². The van der Waals surface area contributed by atoms with Crippen LogP contribution in [0.3, 0.4) is 0 Å². The number of carbonyl (C=O) groups excluding carboxylic acids is 3. The third-order valence-electron chi connectivity index (χ3n) is 3.61. The van der Waals surface area contributed by atoms with E-state index in [0.717, 1.165) is 0 Å². The summed E-state index contributed by atoms with van der Waals surface area (Å²) in [6.07, 6.45) is 0. The SMILES string of the molecule is COC(=O)c1cccc(C(=O)Nc2cccc(NC(=O)C(C)(C)C)c2)c1. The fourth-order valence-electron chi connectivity index (χ4n) is 2.10. The van der Waals surface area contributed by atoms with Crippen LogP contribution in [0.15, 0.2) is 48.5 Å². The van der Waals surface area contributed by atoms with Crippen molar-refractivity contribution in [1.82, 2.24) is 0 Å².